The average molecular weight is 468 g/mol. The second kappa shape index (κ2) is 9.05. The van der Waals surface area contributed by atoms with Crippen molar-refractivity contribution >= 4 is 33.5 Å². The van der Waals surface area contributed by atoms with E-state index in [1.807, 2.05) is 4.90 Å². The van der Waals surface area contributed by atoms with Crippen molar-refractivity contribution < 1.29 is 17.6 Å². The number of hydrogen-bond acceptors (Lipinski definition) is 6. The highest BCUT2D eigenvalue weighted by Gasteiger charge is 2.30. The molecule has 0 N–H and O–H groups in total. The van der Waals surface area contributed by atoms with Crippen molar-refractivity contribution in [3.63, 3.8) is 0 Å². The molecule has 8 nitrogen and oxygen atoms in total. The van der Waals surface area contributed by atoms with Crippen LogP contribution in [0.4, 0.5) is 10.3 Å². The lowest BCUT2D eigenvalue weighted by molar-refractivity contribution is 0.0758. The van der Waals surface area contributed by atoms with Crippen molar-refractivity contribution in [1.29, 1.82) is 0 Å². The number of aromatic nitrogens is 2. The third-order valence-corrected chi connectivity index (χ3v) is 7.71. The summed E-state index contributed by atoms with van der Waals surface area (Å²) in [4.78, 5) is 25.4. The molecule has 2 aliphatic rings. The molecule has 0 saturated carbocycles. The van der Waals surface area contributed by atoms with E-state index in [1.165, 1.54) is 22.6 Å². The van der Waals surface area contributed by atoms with Gasteiger partial charge in [0.1, 0.15) is 5.82 Å². The summed E-state index contributed by atoms with van der Waals surface area (Å²) < 4.78 is 40.3. The van der Waals surface area contributed by atoms with Gasteiger partial charge in [-0.05, 0) is 43.5 Å². The predicted octanol–water partition coefficient (Wildman–Crippen LogP) is 2.41. The smallest absolute Gasteiger partial charge is 0.274 e. The van der Waals surface area contributed by atoms with E-state index in [1.54, 1.807) is 4.90 Å². The van der Waals surface area contributed by atoms with E-state index in [9.17, 15) is 17.6 Å². The van der Waals surface area contributed by atoms with Crippen LogP contribution in [0, 0.1) is 5.82 Å². The highest BCUT2D eigenvalue weighted by atomic mass is 35.5. The Labute approximate surface area is 185 Å². The Morgan fingerprint density at radius 1 is 0.968 bits per heavy atom. The van der Waals surface area contributed by atoms with E-state index in [-0.39, 0.29) is 41.2 Å². The first-order valence-corrected chi connectivity index (χ1v) is 12.0. The molecule has 2 saturated heterocycles. The monoisotopic (exact) mass is 467 g/mol. The molecule has 1 aromatic heterocycles. The van der Waals surface area contributed by atoms with Crippen molar-refractivity contribution in [2.45, 2.75) is 24.2 Å². The third kappa shape index (κ3) is 4.65. The first-order valence-electron chi connectivity index (χ1n) is 10.2. The van der Waals surface area contributed by atoms with Gasteiger partial charge in [-0.3, -0.25) is 4.79 Å². The lowest BCUT2D eigenvalue weighted by atomic mass is 10.3. The molecule has 2 aromatic rings. The molecule has 0 spiro atoms. The molecule has 1 amide bonds. The number of carbonyl (C=O) groups excluding carboxylic acids is 1. The van der Waals surface area contributed by atoms with Crippen molar-refractivity contribution in [3.8, 4) is 0 Å². The molecule has 31 heavy (non-hydrogen) atoms. The van der Waals surface area contributed by atoms with E-state index >= 15 is 0 Å². The number of benzene rings is 1. The number of anilines is 1. The fourth-order valence-corrected chi connectivity index (χ4v) is 5.46. The molecule has 0 atom stereocenters. The standard InChI is InChI=1S/C20H23ClFN5O3S/c21-17-14-23-20(26-8-1-2-9-26)24-18(17)19(28)25-10-3-11-27(13-12-25)31(29,30)16-6-4-15(22)5-7-16/h4-7,14H,1-3,8-13H2. The van der Waals surface area contributed by atoms with Crippen LogP contribution in [0.2, 0.25) is 5.02 Å². The van der Waals surface area contributed by atoms with E-state index in [0.29, 0.717) is 18.9 Å². The SMILES string of the molecule is O=C(c1nc(N2CCCC2)ncc1Cl)N1CCCN(S(=O)(=O)c2ccc(F)cc2)CC1. The van der Waals surface area contributed by atoms with Gasteiger partial charge in [0.2, 0.25) is 16.0 Å². The van der Waals surface area contributed by atoms with Crippen LogP contribution in [0.3, 0.4) is 0 Å². The van der Waals surface area contributed by atoms with Crippen molar-refractivity contribution in [3.05, 3.63) is 47.0 Å². The minimum absolute atomic E-state index is 0.0303. The molecule has 1 aromatic carbocycles. The Morgan fingerprint density at radius 3 is 2.39 bits per heavy atom. The Balaban J connectivity index is 1.49. The zero-order valence-corrected chi connectivity index (χ0v) is 18.4. The van der Waals surface area contributed by atoms with Crippen LogP contribution in [-0.2, 0) is 10.0 Å². The molecular weight excluding hydrogens is 445 g/mol. The van der Waals surface area contributed by atoms with E-state index < -0.39 is 15.8 Å². The van der Waals surface area contributed by atoms with Crippen LogP contribution in [0.5, 0.6) is 0 Å². The fraction of sp³-hybridized carbons (Fsp3) is 0.450. The van der Waals surface area contributed by atoms with Crippen molar-refractivity contribution in [1.82, 2.24) is 19.2 Å². The Bertz CT molecular complexity index is 1060. The zero-order valence-electron chi connectivity index (χ0n) is 16.9. The summed E-state index contributed by atoms with van der Waals surface area (Å²) in [6, 6.07) is 4.74. The maximum Gasteiger partial charge on any atom is 0.274 e. The topological polar surface area (TPSA) is 86.7 Å². The summed E-state index contributed by atoms with van der Waals surface area (Å²) >= 11 is 6.22. The lowest BCUT2D eigenvalue weighted by Gasteiger charge is -2.22. The molecular formula is C20H23ClFN5O3S. The number of rotatable bonds is 4. The minimum atomic E-state index is -3.77. The maximum atomic E-state index is 13.2. The summed E-state index contributed by atoms with van der Waals surface area (Å²) in [5.41, 5.74) is 0.133. The van der Waals surface area contributed by atoms with Gasteiger partial charge in [-0.1, -0.05) is 11.6 Å². The molecule has 0 radical (unpaired) electrons. The van der Waals surface area contributed by atoms with Crippen LogP contribution in [0.15, 0.2) is 35.4 Å². The Hall–Kier alpha value is -2.30. The Kier molecular flexibility index (Phi) is 6.40. The summed E-state index contributed by atoms with van der Waals surface area (Å²) in [7, 11) is -3.77. The van der Waals surface area contributed by atoms with Gasteiger partial charge in [-0.15, -0.1) is 0 Å². The lowest BCUT2D eigenvalue weighted by Crippen LogP contribution is -2.38. The van der Waals surface area contributed by atoms with E-state index in [0.717, 1.165) is 38.1 Å². The average Bonchev–Trinajstić information content (AvgIpc) is 3.18. The predicted molar refractivity (Wildman–Crippen MR) is 114 cm³/mol. The van der Waals surface area contributed by atoms with Gasteiger partial charge in [-0.2, -0.15) is 4.31 Å². The van der Waals surface area contributed by atoms with Crippen molar-refractivity contribution in [2.24, 2.45) is 0 Å². The van der Waals surface area contributed by atoms with Gasteiger partial charge in [-0.25, -0.2) is 22.8 Å². The van der Waals surface area contributed by atoms with Crippen LogP contribution in [-0.4, -0.2) is 72.8 Å². The zero-order chi connectivity index (χ0) is 22.0. The quantitative estimate of drug-likeness (QED) is 0.686. The van der Waals surface area contributed by atoms with Gasteiger partial charge in [0.25, 0.3) is 5.91 Å². The number of halogens is 2. The summed E-state index contributed by atoms with van der Waals surface area (Å²) in [5.74, 6) is -0.351. The van der Waals surface area contributed by atoms with Crippen LogP contribution >= 0.6 is 11.6 Å². The molecule has 11 heteroatoms. The van der Waals surface area contributed by atoms with Gasteiger partial charge in [0, 0.05) is 39.3 Å². The normalized spacial score (nSPS) is 18.3. The molecule has 0 bridgehead atoms. The van der Waals surface area contributed by atoms with E-state index in [2.05, 4.69) is 9.97 Å². The van der Waals surface area contributed by atoms with Gasteiger partial charge < -0.3 is 9.80 Å². The molecule has 0 aliphatic carbocycles. The second-order valence-electron chi connectivity index (χ2n) is 7.56. The molecule has 2 fully saturated rings. The minimum Gasteiger partial charge on any atom is -0.341 e. The highest BCUT2D eigenvalue weighted by Crippen LogP contribution is 2.23. The first kappa shape index (κ1) is 21.9. The third-order valence-electron chi connectivity index (χ3n) is 5.52. The molecule has 166 valence electrons. The molecule has 3 heterocycles. The number of carbonyl (C=O) groups is 1. The highest BCUT2D eigenvalue weighted by molar-refractivity contribution is 7.89. The van der Waals surface area contributed by atoms with Crippen LogP contribution in [0.25, 0.3) is 0 Å². The summed E-state index contributed by atoms with van der Waals surface area (Å²) in [6.45, 7) is 2.67. The van der Waals surface area contributed by atoms with Crippen molar-refractivity contribution in [2.75, 3.05) is 44.2 Å². The largest absolute Gasteiger partial charge is 0.341 e. The Morgan fingerprint density at radius 2 is 1.68 bits per heavy atom. The van der Waals surface area contributed by atoms with Gasteiger partial charge in [0.15, 0.2) is 5.69 Å². The van der Waals surface area contributed by atoms with Crippen LogP contribution < -0.4 is 4.90 Å². The summed E-state index contributed by atoms with van der Waals surface area (Å²) in [6.07, 6.45) is 4.02. The molecule has 4 rings (SSSR count). The number of hydrogen-bond donors (Lipinski definition) is 0. The van der Waals surface area contributed by atoms with E-state index in [4.69, 9.17) is 11.6 Å². The molecule has 0 unspecified atom stereocenters. The first-order chi connectivity index (χ1) is 14.9. The molecule has 2 aliphatic heterocycles. The maximum absolute atomic E-state index is 13.2. The fourth-order valence-electron chi connectivity index (χ4n) is 3.82. The second-order valence-corrected chi connectivity index (χ2v) is 9.91. The van der Waals surface area contributed by atoms with Crippen LogP contribution in [0.1, 0.15) is 29.8 Å². The van der Waals surface area contributed by atoms with Gasteiger partial charge >= 0.3 is 0 Å². The number of nitrogens with zero attached hydrogens (tertiary/aromatic N) is 5. The number of amides is 1. The summed E-state index contributed by atoms with van der Waals surface area (Å²) in [5, 5.41) is 0.174. The number of sulfonamides is 1. The van der Waals surface area contributed by atoms with Gasteiger partial charge in [0.05, 0.1) is 16.1 Å².